The van der Waals surface area contributed by atoms with Gasteiger partial charge in [0.25, 0.3) is 0 Å². The molecule has 4 aliphatic rings. The maximum Gasteiger partial charge on any atom is 0.303 e. The van der Waals surface area contributed by atoms with Gasteiger partial charge < -0.3 is 14.6 Å². The molecule has 4 saturated carbocycles. The van der Waals surface area contributed by atoms with Crippen molar-refractivity contribution in [1.82, 2.24) is 0 Å². The van der Waals surface area contributed by atoms with Crippen LogP contribution in [0, 0.1) is 46.3 Å². The molecule has 0 aliphatic heterocycles. The Balaban J connectivity index is 1.21. The Kier molecular flexibility index (Phi) is 8.85. The van der Waals surface area contributed by atoms with Gasteiger partial charge in [0.2, 0.25) is 0 Å². The average Bonchev–Trinajstić information content (AvgIpc) is 3.37. The Morgan fingerprint density at radius 1 is 0.857 bits per heavy atom. The van der Waals surface area contributed by atoms with Crippen LogP contribution in [0.4, 0.5) is 0 Å². The molecule has 42 heavy (non-hydrogen) atoms. The molecule has 2 aromatic rings. The maximum atomic E-state index is 11.5. The van der Waals surface area contributed by atoms with Crippen LogP contribution in [-0.2, 0) is 27.5 Å². The van der Waals surface area contributed by atoms with Crippen molar-refractivity contribution in [3.8, 4) is 0 Å². The number of hydrogen-bond donors (Lipinski definition) is 1. The van der Waals surface area contributed by atoms with Crippen LogP contribution in [0.15, 0.2) is 60.7 Å². The van der Waals surface area contributed by atoms with E-state index in [9.17, 15) is 9.90 Å². The number of carboxylic acids is 1. The van der Waals surface area contributed by atoms with Gasteiger partial charge in [-0.3, -0.25) is 4.79 Å². The van der Waals surface area contributed by atoms with Crippen LogP contribution in [0.3, 0.4) is 0 Å². The van der Waals surface area contributed by atoms with Crippen LogP contribution >= 0.6 is 0 Å². The monoisotopic (exact) mass is 572 g/mol. The molecule has 4 nitrogen and oxygen atoms in total. The highest BCUT2D eigenvalue weighted by Gasteiger charge is 2.64. The molecule has 4 aliphatic carbocycles. The largest absolute Gasteiger partial charge is 0.481 e. The average molecular weight is 573 g/mol. The topological polar surface area (TPSA) is 55.8 Å². The molecule has 0 unspecified atom stereocenters. The van der Waals surface area contributed by atoms with E-state index in [1.807, 2.05) is 0 Å². The van der Waals surface area contributed by atoms with E-state index in [0.717, 1.165) is 37.7 Å². The fourth-order valence-corrected chi connectivity index (χ4v) is 10.6. The van der Waals surface area contributed by atoms with Crippen molar-refractivity contribution in [2.45, 2.75) is 110 Å². The fourth-order valence-electron chi connectivity index (χ4n) is 10.6. The van der Waals surface area contributed by atoms with Crippen LogP contribution in [0.5, 0.6) is 0 Å². The Morgan fingerprint density at radius 2 is 1.52 bits per heavy atom. The first-order valence-corrected chi connectivity index (χ1v) is 16.8. The molecular formula is C38H52O4. The Morgan fingerprint density at radius 3 is 2.19 bits per heavy atom. The summed E-state index contributed by atoms with van der Waals surface area (Å²) in [5.41, 5.74) is 2.97. The second kappa shape index (κ2) is 12.4. The first kappa shape index (κ1) is 29.9. The number of ether oxygens (including phenoxy) is 2. The molecule has 0 radical (unpaired) electrons. The van der Waals surface area contributed by atoms with Gasteiger partial charge in [-0.05, 0) is 115 Å². The molecule has 1 N–H and O–H groups in total. The van der Waals surface area contributed by atoms with Crippen LogP contribution in [-0.4, -0.2) is 23.3 Å². The normalized spacial score (nSPS) is 38.2. The van der Waals surface area contributed by atoms with E-state index < -0.39 is 5.97 Å². The summed E-state index contributed by atoms with van der Waals surface area (Å²) >= 11 is 0. The smallest absolute Gasteiger partial charge is 0.303 e. The molecule has 0 bridgehead atoms. The van der Waals surface area contributed by atoms with Gasteiger partial charge in [0.1, 0.15) is 0 Å². The second-order valence-electron chi connectivity index (χ2n) is 14.8. The summed E-state index contributed by atoms with van der Waals surface area (Å²) < 4.78 is 13.5. The van der Waals surface area contributed by atoms with Crippen LogP contribution in [0.2, 0.25) is 0 Å². The molecule has 228 valence electrons. The van der Waals surface area contributed by atoms with Crippen molar-refractivity contribution in [2.75, 3.05) is 0 Å². The standard InChI is InChI=1S/C38H52O4/c1-26(14-19-36(39)40)32-17-18-33-31-16-15-29-22-30(41-24-27-10-6-4-7-11-27)20-21-37(29,2)34(31)23-35(38(32,33)3)42-25-28-12-8-5-9-13-28/h4-13,26,29-35H,14-25H2,1-3H3,(H,39,40)/t26-,29-,30-,31+,32-,33+,34+,35+,37+,38-/m1/s1. The van der Waals surface area contributed by atoms with E-state index in [2.05, 4.69) is 81.4 Å². The number of carboxylic acid groups (broad SMARTS) is 1. The van der Waals surface area contributed by atoms with Crippen LogP contribution in [0.1, 0.15) is 96.1 Å². The van der Waals surface area contributed by atoms with Gasteiger partial charge in [0.15, 0.2) is 0 Å². The van der Waals surface area contributed by atoms with Crippen LogP contribution in [0.25, 0.3) is 0 Å². The van der Waals surface area contributed by atoms with Crippen molar-refractivity contribution in [2.24, 2.45) is 46.3 Å². The van der Waals surface area contributed by atoms with Gasteiger partial charge in [-0.1, -0.05) is 81.4 Å². The minimum Gasteiger partial charge on any atom is -0.481 e. The van der Waals surface area contributed by atoms with Crippen LogP contribution < -0.4 is 0 Å². The van der Waals surface area contributed by atoms with Gasteiger partial charge in [-0.15, -0.1) is 0 Å². The lowest BCUT2D eigenvalue weighted by atomic mass is 9.43. The molecule has 0 heterocycles. The second-order valence-corrected chi connectivity index (χ2v) is 14.8. The highest BCUT2D eigenvalue weighted by atomic mass is 16.5. The first-order chi connectivity index (χ1) is 20.3. The molecule has 10 atom stereocenters. The molecule has 4 fully saturated rings. The SMILES string of the molecule is C[C@H](CCC(=O)O)[C@H]1CC[C@H]2[C@@H]3CC[C@@H]4C[C@H](OCc5ccccc5)CC[C@]4(C)[C@H]3C[C@H](OCc3ccccc3)[C@]12C. The van der Waals surface area contributed by atoms with Gasteiger partial charge >= 0.3 is 5.97 Å². The van der Waals surface area contributed by atoms with Gasteiger partial charge in [-0.2, -0.15) is 0 Å². The lowest BCUT2D eigenvalue weighted by Gasteiger charge is -2.63. The number of benzene rings is 2. The van der Waals surface area contributed by atoms with E-state index in [1.165, 1.54) is 49.7 Å². The van der Waals surface area contributed by atoms with Crippen molar-refractivity contribution in [3.63, 3.8) is 0 Å². The Hall–Kier alpha value is -2.17. The predicted molar refractivity (Wildman–Crippen MR) is 167 cm³/mol. The molecular weight excluding hydrogens is 520 g/mol. The van der Waals surface area contributed by atoms with Crippen molar-refractivity contribution in [3.05, 3.63) is 71.8 Å². The van der Waals surface area contributed by atoms with E-state index in [-0.39, 0.29) is 17.9 Å². The lowest BCUT2D eigenvalue weighted by Crippen LogP contribution is -2.59. The van der Waals surface area contributed by atoms with E-state index in [4.69, 9.17) is 9.47 Å². The van der Waals surface area contributed by atoms with Gasteiger partial charge in [0, 0.05) is 6.42 Å². The molecule has 0 spiro atoms. The van der Waals surface area contributed by atoms with Crippen molar-refractivity contribution >= 4 is 5.97 Å². The molecule has 4 heteroatoms. The minimum atomic E-state index is -0.670. The maximum absolute atomic E-state index is 11.5. The Labute approximate surface area is 253 Å². The van der Waals surface area contributed by atoms with E-state index in [0.29, 0.717) is 41.8 Å². The van der Waals surface area contributed by atoms with Gasteiger partial charge in [0.05, 0.1) is 25.4 Å². The number of rotatable bonds is 10. The summed E-state index contributed by atoms with van der Waals surface area (Å²) in [6, 6.07) is 21.3. The zero-order valence-corrected chi connectivity index (χ0v) is 26.0. The third kappa shape index (κ3) is 5.71. The summed E-state index contributed by atoms with van der Waals surface area (Å²) in [4.78, 5) is 11.5. The third-order valence-electron chi connectivity index (χ3n) is 12.9. The van der Waals surface area contributed by atoms with Gasteiger partial charge in [-0.25, -0.2) is 0 Å². The van der Waals surface area contributed by atoms with E-state index >= 15 is 0 Å². The fraction of sp³-hybridized carbons (Fsp3) is 0.658. The van der Waals surface area contributed by atoms with Crippen molar-refractivity contribution in [1.29, 1.82) is 0 Å². The quantitative estimate of drug-likeness (QED) is 0.309. The third-order valence-corrected chi connectivity index (χ3v) is 12.9. The molecule has 2 aromatic carbocycles. The number of carbonyl (C=O) groups is 1. The zero-order chi connectivity index (χ0) is 29.3. The summed E-state index contributed by atoms with van der Waals surface area (Å²) in [5, 5.41) is 9.43. The number of hydrogen-bond acceptors (Lipinski definition) is 3. The minimum absolute atomic E-state index is 0.104. The molecule has 0 saturated heterocycles. The zero-order valence-electron chi connectivity index (χ0n) is 26.0. The van der Waals surface area contributed by atoms with Crippen molar-refractivity contribution < 1.29 is 19.4 Å². The lowest BCUT2D eigenvalue weighted by molar-refractivity contribution is -0.196. The summed E-state index contributed by atoms with van der Waals surface area (Å²) in [6.45, 7) is 8.87. The first-order valence-electron chi connectivity index (χ1n) is 16.8. The summed E-state index contributed by atoms with van der Waals surface area (Å²) in [5.74, 6) is 3.09. The molecule has 0 aromatic heterocycles. The number of fused-ring (bicyclic) bond motifs is 5. The number of aliphatic carboxylic acids is 1. The molecule has 0 amide bonds. The summed E-state index contributed by atoms with van der Waals surface area (Å²) in [7, 11) is 0. The van der Waals surface area contributed by atoms with E-state index in [1.54, 1.807) is 0 Å². The molecule has 6 rings (SSSR count). The Bertz CT molecular complexity index is 1180. The summed E-state index contributed by atoms with van der Waals surface area (Å²) in [6.07, 6.45) is 11.5. The predicted octanol–water partition coefficient (Wildman–Crippen LogP) is 8.93. The highest BCUT2D eigenvalue weighted by molar-refractivity contribution is 5.66. The highest BCUT2D eigenvalue weighted by Crippen LogP contribution is 2.69.